The highest BCUT2D eigenvalue weighted by Crippen LogP contribution is 2.36. The third-order valence-corrected chi connectivity index (χ3v) is 4.31. The van der Waals surface area contributed by atoms with E-state index in [-0.39, 0.29) is 0 Å². The molecule has 1 aromatic rings. The second-order valence-corrected chi connectivity index (χ2v) is 6.48. The third kappa shape index (κ3) is 3.63. The Morgan fingerprint density at radius 2 is 2.21 bits per heavy atom. The minimum absolute atomic E-state index is 0.548. The fourth-order valence-corrected chi connectivity index (χ4v) is 3.15. The van der Waals surface area contributed by atoms with Gasteiger partial charge in [0.25, 0.3) is 0 Å². The van der Waals surface area contributed by atoms with Gasteiger partial charge in [-0.3, -0.25) is 4.98 Å². The summed E-state index contributed by atoms with van der Waals surface area (Å²) < 4.78 is 11.7. The molecular formula is C15H23NO2S. The van der Waals surface area contributed by atoms with Crippen LogP contribution in [0, 0.1) is 6.92 Å². The summed E-state index contributed by atoms with van der Waals surface area (Å²) in [5.74, 6) is 2.56. The van der Waals surface area contributed by atoms with Crippen LogP contribution in [0.15, 0.2) is 6.20 Å². The number of hydrogen-bond donors (Lipinski definition) is 0. The lowest BCUT2D eigenvalue weighted by Gasteiger charge is -2.34. The molecule has 0 aliphatic carbocycles. The first kappa shape index (κ1) is 14.7. The fraction of sp³-hybridized carbons (Fsp3) is 0.667. The minimum Gasteiger partial charge on any atom is -0.461 e. The summed E-state index contributed by atoms with van der Waals surface area (Å²) in [5, 5.41) is 0. The lowest BCUT2D eigenvalue weighted by atomic mass is 10.1. The second kappa shape index (κ2) is 6.14. The molecule has 2 rings (SSSR count). The summed E-state index contributed by atoms with van der Waals surface area (Å²) in [7, 11) is 0. The zero-order valence-electron chi connectivity index (χ0n) is 12.3. The molecule has 19 heavy (non-hydrogen) atoms. The number of fused-ring (bicyclic) bond motifs is 1. The van der Waals surface area contributed by atoms with E-state index in [1.165, 1.54) is 29.7 Å². The van der Waals surface area contributed by atoms with Crippen LogP contribution in [0.5, 0.6) is 5.75 Å². The van der Waals surface area contributed by atoms with Gasteiger partial charge in [0.05, 0.1) is 12.3 Å². The molecule has 0 saturated heterocycles. The number of ether oxygens (including phenoxy) is 2. The van der Waals surface area contributed by atoms with E-state index in [0.717, 1.165) is 17.2 Å². The monoisotopic (exact) mass is 281 g/mol. The molecule has 0 saturated carbocycles. The second-order valence-electron chi connectivity index (χ2n) is 5.37. The molecule has 2 heterocycles. The lowest BCUT2D eigenvalue weighted by Crippen LogP contribution is -2.36. The van der Waals surface area contributed by atoms with Gasteiger partial charge in [-0.15, -0.1) is 0 Å². The van der Waals surface area contributed by atoms with Crippen molar-refractivity contribution < 1.29 is 9.47 Å². The van der Waals surface area contributed by atoms with Gasteiger partial charge in [-0.1, -0.05) is 13.3 Å². The maximum atomic E-state index is 5.92. The molecule has 0 bridgehead atoms. The van der Waals surface area contributed by atoms with Crippen molar-refractivity contribution in [2.24, 2.45) is 0 Å². The van der Waals surface area contributed by atoms with Crippen molar-refractivity contribution in [3.63, 3.8) is 0 Å². The van der Waals surface area contributed by atoms with Gasteiger partial charge >= 0.3 is 0 Å². The van der Waals surface area contributed by atoms with Crippen molar-refractivity contribution in [2.45, 2.75) is 58.7 Å². The summed E-state index contributed by atoms with van der Waals surface area (Å²) in [6, 6.07) is 0. The Morgan fingerprint density at radius 1 is 1.42 bits per heavy atom. The molecule has 0 spiro atoms. The van der Waals surface area contributed by atoms with Crippen LogP contribution >= 0.6 is 11.8 Å². The van der Waals surface area contributed by atoms with E-state index >= 15 is 0 Å². The Morgan fingerprint density at radius 3 is 2.95 bits per heavy atom. The van der Waals surface area contributed by atoms with E-state index in [2.05, 4.69) is 11.9 Å². The summed E-state index contributed by atoms with van der Waals surface area (Å²) in [6.45, 7) is 8.72. The molecule has 0 aromatic carbocycles. The smallest absolute Gasteiger partial charge is 0.205 e. The lowest BCUT2D eigenvalue weighted by molar-refractivity contribution is -0.180. The van der Waals surface area contributed by atoms with Crippen LogP contribution in [0.2, 0.25) is 0 Å². The van der Waals surface area contributed by atoms with Gasteiger partial charge in [-0.05, 0) is 24.7 Å². The number of unbranched alkanes of at least 4 members (excludes halogenated alkanes) is 1. The molecule has 0 unspecified atom stereocenters. The van der Waals surface area contributed by atoms with Gasteiger partial charge in [-0.2, -0.15) is 11.8 Å². The fourth-order valence-electron chi connectivity index (χ4n) is 2.04. The van der Waals surface area contributed by atoms with E-state index < -0.39 is 5.79 Å². The van der Waals surface area contributed by atoms with E-state index in [1.807, 2.05) is 38.7 Å². The van der Waals surface area contributed by atoms with Crippen LogP contribution in [0.4, 0.5) is 0 Å². The van der Waals surface area contributed by atoms with Crippen LogP contribution in [0.25, 0.3) is 0 Å². The van der Waals surface area contributed by atoms with Crippen LogP contribution in [0.3, 0.4) is 0 Å². The Balaban J connectivity index is 2.14. The predicted molar refractivity (Wildman–Crippen MR) is 79.5 cm³/mol. The van der Waals surface area contributed by atoms with Gasteiger partial charge < -0.3 is 9.47 Å². The van der Waals surface area contributed by atoms with Crippen molar-refractivity contribution >= 4 is 11.8 Å². The minimum atomic E-state index is -0.548. The summed E-state index contributed by atoms with van der Waals surface area (Å²) in [5.41, 5.74) is 3.38. The number of aryl methyl sites for hydroxylation is 1. The van der Waals surface area contributed by atoms with Crippen molar-refractivity contribution in [3.05, 3.63) is 23.0 Å². The van der Waals surface area contributed by atoms with Gasteiger partial charge in [0.1, 0.15) is 5.75 Å². The molecular weight excluding hydrogens is 258 g/mol. The molecule has 1 aliphatic rings. The maximum Gasteiger partial charge on any atom is 0.205 e. The largest absolute Gasteiger partial charge is 0.461 e. The summed E-state index contributed by atoms with van der Waals surface area (Å²) >= 11 is 1.96. The van der Waals surface area contributed by atoms with Crippen molar-refractivity contribution in [3.8, 4) is 5.75 Å². The highest BCUT2D eigenvalue weighted by Gasteiger charge is 2.30. The van der Waals surface area contributed by atoms with Crippen LogP contribution in [0.1, 0.15) is 50.4 Å². The average molecular weight is 281 g/mol. The number of nitrogens with zero attached hydrogens (tertiary/aromatic N) is 1. The van der Waals surface area contributed by atoms with Crippen LogP contribution in [-0.4, -0.2) is 16.5 Å². The van der Waals surface area contributed by atoms with E-state index in [1.54, 1.807) is 0 Å². The zero-order chi connectivity index (χ0) is 13.9. The van der Waals surface area contributed by atoms with Crippen LogP contribution < -0.4 is 4.74 Å². The standard InChI is InChI=1S/C15H23NO2S/c1-5-6-7-19-10-12-8-16-11(2)14-13(12)9-17-15(3,4)18-14/h8H,5-7,9-10H2,1-4H3. The predicted octanol–water partition coefficient (Wildman–Crippen LogP) is 4.07. The zero-order valence-corrected chi connectivity index (χ0v) is 13.1. The van der Waals surface area contributed by atoms with Crippen molar-refractivity contribution in [1.29, 1.82) is 0 Å². The van der Waals surface area contributed by atoms with Crippen molar-refractivity contribution in [2.75, 3.05) is 5.75 Å². The quantitative estimate of drug-likeness (QED) is 0.761. The van der Waals surface area contributed by atoms with Gasteiger partial charge in [0.2, 0.25) is 5.79 Å². The molecule has 0 fully saturated rings. The van der Waals surface area contributed by atoms with E-state index in [0.29, 0.717) is 6.61 Å². The Hall–Kier alpha value is -0.740. The molecule has 0 amide bonds. The van der Waals surface area contributed by atoms with E-state index in [4.69, 9.17) is 9.47 Å². The summed E-state index contributed by atoms with van der Waals surface area (Å²) in [4.78, 5) is 4.46. The molecule has 1 aliphatic heterocycles. The topological polar surface area (TPSA) is 31.4 Å². The van der Waals surface area contributed by atoms with E-state index in [9.17, 15) is 0 Å². The normalized spacial score (nSPS) is 16.8. The Kier molecular flexibility index (Phi) is 4.74. The SMILES string of the molecule is CCCCSCc1cnc(C)c2c1COC(C)(C)O2. The molecule has 0 N–H and O–H groups in total. The molecule has 0 radical (unpaired) electrons. The van der Waals surface area contributed by atoms with Crippen molar-refractivity contribution in [1.82, 2.24) is 4.98 Å². The Bertz CT molecular complexity index is 446. The van der Waals surface area contributed by atoms with Gasteiger partial charge in [-0.25, -0.2) is 0 Å². The first-order chi connectivity index (χ1) is 9.03. The molecule has 0 atom stereocenters. The average Bonchev–Trinajstić information content (AvgIpc) is 2.36. The molecule has 106 valence electrons. The van der Waals surface area contributed by atoms with Gasteiger partial charge in [0.15, 0.2) is 0 Å². The number of hydrogen-bond acceptors (Lipinski definition) is 4. The third-order valence-electron chi connectivity index (χ3n) is 3.22. The molecule has 4 heteroatoms. The van der Waals surface area contributed by atoms with Gasteiger partial charge in [0, 0.05) is 31.4 Å². The Labute approximate surface area is 120 Å². The van der Waals surface area contributed by atoms with Crippen LogP contribution in [-0.2, 0) is 17.1 Å². The highest BCUT2D eigenvalue weighted by atomic mass is 32.2. The maximum absolute atomic E-state index is 5.92. The number of pyridine rings is 1. The number of thioether (sulfide) groups is 1. The molecule has 3 nitrogen and oxygen atoms in total. The first-order valence-corrected chi connectivity index (χ1v) is 8.07. The first-order valence-electron chi connectivity index (χ1n) is 6.91. The molecule has 1 aromatic heterocycles. The number of rotatable bonds is 5. The number of aromatic nitrogens is 1. The summed E-state index contributed by atoms with van der Waals surface area (Å²) in [6.07, 6.45) is 4.49. The highest BCUT2D eigenvalue weighted by molar-refractivity contribution is 7.98.